The molecule has 6 heteroatoms. The van der Waals surface area contributed by atoms with Crippen molar-refractivity contribution in [3.63, 3.8) is 0 Å². The SMILES string of the molecule is CCCCn1c(-c2ccccc2)nc(Cl)c1CN(Cc1cc[c]cc1)Cc1ccc2c(c1)OCCO2. The van der Waals surface area contributed by atoms with E-state index in [0.717, 1.165) is 61.1 Å². The molecule has 185 valence electrons. The van der Waals surface area contributed by atoms with Crippen molar-refractivity contribution in [1.82, 2.24) is 14.5 Å². The lowest BCUT2D eigenvalue weighted by atomic mass is 10.1. The molecule has 1 radical (unpaired) electrons. The minimum absolute atomic E-state index is 0.568. The van der Waals surface area contributed by atoms with Gasteiger partial charge in [0.05, 0.1) is 5.69 Å². The molecule has 4 aromatic rings. The number of aromatic nitrogens is 2. The average molecular weight is 501 g/mol. The molecular formula is C30H31ClN3O2. The highest BCUT2D eigenvalue weighted by atomic mass is 35.5. The summed E-state index contributed by atoms with van der Waals surface area (Å²) in [6, 6.07) is 27.8. The second-order valence-electron chi connectivity index (χ2n) is 9.08. The lowest BCUT2D eigenvalue weighted by molar-refractivity contribution is 0.170. The zero-order valence-corrected chi connectivity index (χ0v) is 21.4. The number of ether oxygens (including phenoxy) is 2. The summed E-state index contributed by atoms with van der Waals surface area (Å²) < 4.78 is 13.9. The molecule has 0 saturated heterocycles. The molecule has 3 aromatic carbocycles. The van der Waals surface area contributed by atoms with Crippen LogP contribution in [-0.4, -0.2) is 27.7 Å². The first-order chi connectivity index (χ1) is 17.7. The zero-order valence-electron chi connectivity index (χ0n) is 20.6. The van der Waals surface area contributed by atoms with Gasteiger partial charge >= 0.3 is 0 Å². The van der Waals surface area contributed by atoms with Crippen LogP contribution in [0.3, 0.4) is 0 Å². The van der Waals surface area contributed by atoms with Crippen LogP contribution in [0.2, 0.25) is 5.15 Å². The van der Waals surface area contributed by atoms with E-state index >= 15 is 0 Å². The van der Waals surface area contributed by atoms with E-state index in [0.29, 0.717) is 24.9 Å². The standard InChI is InChI=1S/C30H31ClN3O2/c1-2-3-16-34-26(29(31)32-30(34)25-12-8-5-9-13-25)22-33(20-23-10-6-4-7-11-23)21-24-14-15-27-28(19-24)36-18-17-35-27/h5-15,19H,2-3,16-18,20-22H2,1H3. The topological polar surface area (TPSA) is 39.5 Å². The Morgan fingerprint density at radius 2 is 1.67 bits per heavy atom. The summed E-state index contributed by atoms with van der Waals surface area (Å²) in [4.78, 5) is 7.22. The Bertz CT molecular complexity index is 1270. The fourth-order valence-corrected chi connectivity index (χ4v) is 4.82. The Morgan fingerprint density at radius 3 is 2.44 bits per heavy atom. The van der Waals surface area contributed by atoms with Crippen molar-refractivity contribution in [1.29, 1.82) is 0 Å². The molecule has 0 bridgehead atoms. The Morgan fingerprint density at radius 1 is 0.917 bits per heavy atom. The summed E-state index contributed by atoms with van der Waals surface area (Å²) in [6.45, 7) is 6.46. The fourth-order valence-electron chi connectivity index (χ4n) is 4.58. The molecule has 0 spiro atoms. The van der Waals surface area contributed by atoms with Crippen molar-refractivity contribution in [2.24, 2.45) is 0 Å². The molecule has 5 rings (SSSR count). The minimum atomic E-state index is 0.568. The molecule has 0 atom stereocenters. The molecule has 0 fully saturated rings. The first-order valence-electron chi connectivity index (χ1n) is 12.6. The highest BCUT2D eigenvalue weighted by Crippen LogP contribution is 2.32. The first-order valence-corrected chi connectivity index (χ1v) is 12.9. The van der Waals surface area contributed by atoms with Crippen LogP contribution in [0.4, 0.5) is 0 Å². The van der Waals surface area contributed by atoms with Gasteiger partial charge in [0.2, 0.25) is 0 Å². The summed E-state index contributed by atoms with van der Waals surface area (Å²) >= 11 is 6.82. The van der Waals surface area contributed by atoms with E-state index in [-0.39, 0.29) is 0 Å². The van der Waals surface area contributed by atoms with Gasteiger partial charge in [0.1, 0.15) is 19.0 Å². The predicted octanol–water partition coefficient (Wildman–Crippen LogP) is 6.78. The minimum Gasteiger partial charge on any atom is -0.486 e. The molecule has 0 unspecified atom stereocenters. The lowest BCUT2D eigenvalue weighted by Gasteiger charge is -2.25. The third kappa shape index (κ3) is 5.75. The number of fused-ring (bicyclic) bond motifs is 1. The maximum Gasteiger partial charge on any atom is 0.161 e. The van der Waals surface area contributed by atoms with Crippen LogP contribution in [0.1, 0.15) is 36.6 Å². The van der Waals surface area contributed by atoms with Crippen LogP contribution in [0.15, 0.2) is 72.8 Å². The molecule has 0 saturated carbocycles. The van der Waals surface area contributed by atoms with Crippen LogP contribution in [-0.2, 0) is 26.2 Å². The number of hydrogen-bond acceptors (Lipinski definition) is 4. The number of unbranched alkanes of at least 4 members (excludes halogenated alkanes) is 1. The van der Waals surface area contributed by atoms with Crippen molar-refractivity contribution in [3.05, 3.63) is 101 Å². The summed E-state index contributed by atoms with van der Waals surface area (Å²) in [5.41, 5.74) is 4.52. The maximum atomic E-state index is 6.82. The normalized spacial score (nSPS) is 12.8. The molecule has 5 nitrogen and oxygen atoms in total. The molecule has 36 heavy (non-hydrogen) atoms. The molecule has 1 aliphatic heterocycles. The number of nitrogens with zero attached hydrogens (tertiary/aromatic N) is 3. The Hall–Kier alpha value is -3.28. The van der Waals surface area contributed by atoms with Crippen LogP contribution < -0.4 is 9.47 Å². The van der Waals surface area contributed by atoms with Crippen LogP contribution in [0.5, 0.6) is 11.5 Å². The van der Waals surface area contributed by atoms with Crippen LogP contribution >= 0.6 is 11.6 Å². The predicted molar refractivity (Wildman–Crippen MR) is 143 cm³/mol. The van der Waals surface area contributed by atoms with E-state index in [4.69, 9.17) is 26.1 Å². The van der Waals surface area contributed by atoms with Crippen molar-refractivity contribution < 1.29 is 9.47 Å². The molecule has 0 amide bonds. The zero-order chi connectivity index (χ0) is 24.7. The second kappa shape index (κ2) is 11.6. The molecule has 2 heterocycles. The van der Waals surface area contributed by atoms with E-state index in [1.54, 1.807) is 0 Å². The summed E-state index contributed by atoms with van der Waals surface area (Å²) in [5, 5.41) is 0.568. The van der Waals surface area contributed by atoms with Crippen molar-refractivity contribution in [2.75, 3.05) is 13.2 Å². The number of halogens is 1. The van der Waals surface area contributed by atoms with E-state index in [2.05, 4.69) is 58.9 Å². The van der Waals surface area contributed by atoms with Gasteiger partial charge in [-0.25, -0.2) is 4.98 Å². The largest absolute Gasteiger partial charge is 0.486 e. The Labute approximate surface area is 218 Å². The molecule has 0 aliphatic carbocycles. The van der Waals surface area contributed by atoms with Gasteiger partial charge in [-0.1, -0.05) is 85.6 Å². The van der Waals surface area contributed by atoms with Gasteiger partial charge in [-0.05, 0) is 35.7 Å². The van der Waals surface area contributed by atoms with Gasteiger partial charge in [0.25, 0.3) is 0 Å². The van der Waals surface area contributed by atoms with Crippen LogP contribution in [0.25, 0.3) is 11.4 Å². The third-order valence-electron chi connectivity index (χ3n) is 6.37. The molecular weight excluding hydrogens is 470 g/mol. The maximum absolute atomic E-state index is 6.82. The second-order valence-corrected chi connectivity index (χ2v) is 9.43. The molecule has 1 aromatic heterocycles. The van der Waals surface area contributed by atoms with Gasteiger partial charge in [0, 0.05) is 31.7 Å². The summed E-state index contributed by atoms with van der Waals surface area (Å²) in [6.07, 6.45) is 2.17. The fraction of sp³-hybridized carbons (Fsp3) is 0.300. The monoisotopic (exact) mass is 500 g/mol. The number of rotatable bonds is 10. The van der Waals surface area contributed by atoms with E-state index in [1.807, 2.05) is 36.4 Å². The highest BCUT2D eigenvalue weighted by molar-refractivity contribution is 6.30. The smallest absolute Gasteiger partial charge is 0.161 e. The van der Waals surface area contributed by atoms with Gasteiger partial charge in [-0.15, -0.1) is 0 Å². The van der Waals surface area contributed by atoms with E-state index in [9.17, 15) is 0 Å². The third-order valence-corrected chi connectivity index (χ3v) is 6.67. The van der Waals surface area contributed by atoms with Crippen LogP contribution in [0, 0.1) is 6.07 Å². The van der Waals surface area contributed by atoms with Crippen molar-refractivity contribution >= 4 is 11.6 Å². The number of benzene rings is 3. The summed E-state index contributed by atoms with van der Waals surface area (Å²) in [5.74, 6) is 2.55. The molecule has 1 aliphatic rings. The number of imidazole rings is 1. The molecule has 0 N–H and O–H groups in total. The Balaban J connectivity index is 1.47. The lowest BCUT2D eigenvalue weighted by Crippen LogP contribution is -2.24. The Kier molecular flexibility index (Phi) is 7.89. The van der Waals surface area contributed by atoms with Crippen molar-refractivity contribution in [3.8, 4) is 22.9 Å². The van der Waals surface area contributed by atoms with Crippen molar-refractivity contribution in [2.45, 2.75) is 45.9 Å². The van der Waals surface area contributed by atoms with E-state index < -0.39 is 0 Å². The van der Waals surface area contributed by atoms with Gasteiger partial charge in [0.15, 0.2) is 16.7 Å². The quantitative estimate of drug-likeness (QED) is 0.240. The summed E-state index contributed by atoms with van der Waals surface area (Å²) in [7, 11) is 0. The highest BCUT2D eigenvalue weighted by Gasteiger charge is 2.21. The van der Waals surface area contributed by atoms with Gasteiger partial charge in [-0.3, -0.25) is 4.90 Å². The average Bonchev–Trinajstić information content (AvgIpc) is 3.23. The van der Waals surface area contributed by atoms with Gasteiger partial charge < -0.3 is 14.0 Å². The number of hydrogen-bond donors (Lipinski definition) is 0. The van der Waals surface area contributed by atoms with E-state index in [1.165, 1.54) is 11.1 Å². The first kappa shape index (κ1) is 24.4. The van der Waals surface area contributed by atoms with Gasteiger partial charge in [-0.2, -0.15) is 0 Å².